The lowest BCUT2D eigenvalue weighted by molar-refractivity contribution is -0.0275. The minimum Gasteiger partial charge on any atom is -0.488 e. The number of hydrogen-bond donors (Lipinski definition) is 1. The van der Waals surface area contributed by atoms with Crippen LogP contribution in [-0.4, -0.2) is 52.4 Å². The van der Waals surface area contributed by atoms with Crippen LogP contribution in [0, 0.1) is 0 Å². The fraction of sp³-hybridized carbons (Fsp3) is 0.500. The summed E-state index contributed by atoms with van der Waals surface area (Å²) >= 11 is 0. The number of nitrogens with zero attached hydrogens (tertiary/aromatic N) is 3. The van der Waals surface area contributed by atoms with E-state index in [2.05, 4.69) is 40.8 Å². The van der Waals surface area contributed by atoms with Crippen LogP contribution in [-0.2, 0) is 6.54 Å². The van der Waals surface area contributed by atoms with Crippen molar-refractivity contribution >= 4 is 0 Å². The normalized spacial score (nSPS) is 21.0. The molecule has 6 nitrogen and oxygen atoms in total. The van der Waals surface area contributed by atoms with Crippen LogP contribution in [0.4, 0.5) is 0 Å². The van der Waals surface area contributed by atoms with E-state index in [-0.39, 0.29) is 6.10 Å². The number of benzene rings is 1. The predicted octanol–water partition coefficient (Wildman–Crippen LogP) is 2.62. The van der Waals surface area contributed by atoms with Crippen LogP contribution in [0.5, 0.6) is 11.8 Å². The summed E-state index contributed by atoms with van der Waals surface area (Å²) in [7, 11) is 1.55. The first kappa shape index (κ1) is 18.6. The second-order valence-corrected chi connectivity index (χ2v) is 7.05. The molecule has 2 atom stereocenters. The zero-order valence-electron chi connectivity index (χ0n) is 15.6. The van der Waals surface area contributed by atoms with E-state index in [0.717, 1.165) is 24.3 Å². The summed E-state index contributed by atoms with van der Waals surface area (Å²) in [6, 6.07) is 8.51. The number of rotatable bonds is 6. The van der Waals surface area contributed by atoms with Crippen molar-refractivity contribution in [3.63, 3.8) is 0 Å². The van der Waals surface area contributed by atoms with E-state index in [1.165, 1.54) is 5.56 Å². The van der Waals surface area contributed by atoms with E-state index < -0.39 is 6.10 Å². The quantitative estimate of drug-likeness (QED) is 0.857. The largest absolute Gasteiger partial charge is 0.488 e. The van der Waals surface area contributed by atoms with Gasteiger partial charge in [0.1, 0.15) is 18.0 Å². The Hall–Kier alpha value is -2.18. The average Bonchev–Trinajstić information content (AvgIpc) is 2.65. The van der Waals surface area contributed by atoms with Gasteiger partial charge in [0.25, 0.3) is 0 Å². The number of likely N-dealkylation sites (tertiary alicyclic amines) is 1. The molecule has 1 aromatic carbocycles. The molecule has 2 aromatic rings. The summed E-state index contributed by atoms with van der Waals surface area (Å²) < 4.78 is 11.0. The minimum atomic E-state index is -0.523. The second kappa shape index (κ2) is 8.47. The van der Waals surface area contributed by atoms with Gasteiger partial charge in [-0.15, -0.1) is 0 Å². The number of β-amino-alcohol motifs (C(OH)–C–C–N with tert-alkyl or cyclic N) is 1. The van der Waals surface area contributed by atoms with Crippen LogP contribution in [0.25, 0.3) is 0 Å². The second-order valence-electron chi connectivity index (χ2n) is 7.05. The predicted molar refractivity (Wildman–Crippen MR) is 99.4 cm³/mol. The monoisotopic (exact) mass is 357 g/mol. The lowest BCUT2D eigenvalue weighted by atomic mass is 10.0. The van der Waals surface area contributed by atoms with E-state index in [9.17, 15) is 5.11 Å². The Morgan fingerprint density at radius 3 is 2.69 bits per heavy atom. The van der Waals surface area contributed by atoms with Crippen molar-refractivity contribution < 1.29 is 14.6 Å². The van der Waals surface area contributed by atoms with Crippen LogP contribution in [0.15, 0.2) is 36.7 Å². The van der Waals surface area contributed by atoms with Crippen LogP contribution < -0.4 is 9.47 Å². The highest BCUT2D eigenvalue weighted by Gasteiger charge is 2.29. The maximum atomic E-state index is 10.5. The van der Waals surface area contributed by atoms with Gasteiger partial charge < -0.3 is 14.6 Å². The third-order valence-corrected chi connectivity index (χ3v) is 4.69. The highest BCUT2D eigenvalue weighted by atomic mass is 16.5. The summed E-state index contributed by atoms with van der Waals surface area (Å²) in [4.78, 5) is 10.5. The maximum Gasteiger partial charge on any atom is 0.316 e. The molecule has 26 heavy (non-hydrogen) atoms. The fourth-order valence-electron chi connectivity index (χ4n) is 3.17. The molecule has 0 spiro atoms. The van der Waals surface area contributed by atoms with Crippen molar-refractivity contribution in [2.24, 2.45) is 0 Å². The van der Waals surface area contributed by atoms with Gasteiger partial charge in [-0.2, -0.15) is 0 Å². The topological polar surface area (TPSA) is 67.7 Å². The molecule has 1 aliphatic rings. The molecule has 0 unspecified atom stereocenters. The van der Waals surface area contributed by atoms with Crippen LogP contribution >= 0.6 is 0 Å². The Kier molecular flexibility index (Phi) is 6.06. The molecule has 0 amide bonds. The van der Waals surface area contributed by atoms with Crippen molar-refractivity contribution in [1.29, 1.82) is 0 Å². The van der Waals surface area contributed by atoms with E-state index >= 15 is 0 Å². The van der Waals surface area contributed by atoms with Crippen LogP contribution in [0.3, 0.4) is 0 Å². The van der Waals surface area contributed by atoms with Gasteiger partial charge in [-0.1, -0.05) is 26.0 Å². The average molecular weight is 357 g/mol. The molecule has 1 aromatic heterocycles. The third-order valence-electron chi connectivity index (χ3n) is 4.69. The van der Waals surface area contributed by atoms with Gasteiger partial charge in [0.15, 0.2) is 0 Å². The van der Waals surface area contributed by atoms with Gasteiger partial charge in [-0.05, 0) is 30.0 Å². The smallest absolute Gasteiger partial charge is 0.316 e. The van der Waals surface area contributed by atoms with Gasteiger partial charge in [0.05, 0.1) is 7.11 Å². The van der Waals surface area contributed by atoms with Crippen molar-refractivity contribution in [2.45, 2.75) is 44.9 Å². The Morgan fingerprint density at radius 1 is 1.27 bits per heavy atom. The summed E-state index contributed by atoms with van der Waals surface area (Å²) in [5, 5.41) is 10.5. The molecule has 0 bridgehead atoms. The van der Waals surface area contributed by atoms with Crippen molar-refractivity contribution in [3.8, 4) is 11.8 Å². The highest BCUT2D eigenvalue weighted by molar-refractivity contribution is 5.30. The number of piperidine rings is 1. The fourth-order valence-corrected chi connectivity index (χ4v) is 3.17. The number of aromatic nitrogens is 2. The molecule has 1 N–H and O–H groups in total. The van der Waals surface area contributed by atoms with Crippen LogP contribution in [0.2, 0.25) is 0 Å². The SMILES string of the molecule is COc1ncc(CN2CC[C@@H](Oc3cccc(C(C)C)c3)[C@H](O)C2)cn1. The first-order valence-corrected chi connectivity index (χ1v) is 9.07. The molecule has 6 heteroatoms. The van der Waals surface area contributed by atoms with Gasteiger partial charge in [-0.25, -0.2) is 9.97 Å². The summed E-state index contributed by atoms with van der Waals surface area (Å²) in [6.45, 7) is 6.46. The molecule has 0 aliphatic carbocycles. The van der Waals surface area contributed by atoms with Crippen molar-refractivity contribution in [2.75, 3.05) is 20.2 Å². The summed E-state index contributed by atoms with van der Waals surface area (Å²) in [6.07, 6.45) is 3.60. The zero-order valence-corrected chi connectivity index (χ0v) is 15.6. The highest BCUT2D eigenvalue weighted by Crippen LogP contribution is 2.24. The van der Waals surface area contributed by atoms with E-state index in [4.69, 9.17) is 9.47 Å². The van der Waals surface area contributed by atoms with Gasteiger partial charge in [0.2, 0.25) is 0 Å². The standard InChI is InChI=1S/C20H27N3O3/c1-14(2)16-5-4-6-17(9-16)26-19-7-8-23(13-18(19)24)12-15-10-21-20(25-3)22-11-15/h4-6,9-11,14,18-19,24H,7-8,12-13H2,1-3H3/t18-,19-/m1/s1. The van der Waals surface area contributed by atoms with Gasteiger partial charge in [0, 0.05) is 37.6 Å². The van der Waals surface area contributed by atoms with Gasteiger partial charge >= 0.3 is 6.01 Å². The van der Waals surface area contributed by atoms with E-state index in [1.54, 1.807) is 19.5 Å². The molecule has 0 saturated carbocycles. The van der Waals surface area contributed by atoms with Crippen molar-refractivity contribution in [1.82, 2.24) is 14.9 Å². The number of aliphatic hydroxyl groups is 1. The molecule has 3 rings (SSSR count). The Labute approximate surface area is 154 Å². The molecule has 2 heterocycles. The maximum absolute atomic E-state index is 10.5. The lowest BCUT2D eigenvalue weighted by Crippen LogP contribution is -2.48. The molecule has 1 aliphatic heterocycles. The third kappa shape index (κ3) is 4.71. The Balaban J connectivity index is 1.55. The first-order chi connectivity index (χ1) is 12.5. The number of methoxy groups -OCH3 is 1. The van der Waals surface area contributed by atoms with Crippen LogP contribution in [0.1, 0.15) is 37.3 Å². The molecular formula is C20H27N3O3. The van der Waals surface area contributed by atoms with E-state index in [0.29, 0.717) is 25.0 Å². The Morgan fingerprint density at radius 2 is 2.04 bits per heavy atom. The number of ether oxygens (including phenoxy) is 2. The minimum absolute atomic E-state index is 0.180. The molecular weight excluding hydrogens is 330 g/mol. The van der Waals surface area contributed by atoms with E-state index in [1.807, 2.05) is 12.1 Å². The summed E-state index contributed by atoms with van der Waals surface area (Å²) in [5.41, 5.74) is 2.25. The molecule has 1 saturated heterocycles. The van der Waals surface area contributed by atoms with Crippen molar-refractivity contribution in [3.05, 3.63) is 47.8 Å². The molecule has 0 radical (unpaired) electrons. The zero-order chi connectivity index (χ0) is 18.5. The molecule has 140 valence electrons. The number of aliphatic hydroxyl groups excluding tert-OH is 1. The lowest BCUT2D eigenvalue weighted by Gasteiger charge is -2.35. The Bertz CT molecular complexity index is 706. The first-order valence-electron chi connectivity index (χ1n) is 9.07. The molecule has 1 fully saturated rings. The number of hydrogen-bond acceptors (Lipinski definition) is 6. The van der Waals surface area contributed by atoms with Gasteiger partial charge in [-0.3, -0.25) is 4.90 Å². The summed E-state index contributed by atoms with van der Waals surface area (Å²) in [5.74, 6) is 1.29.